The smallest absolute Gasteiger partial charge is 0.275 e. The standard InChI is InChI=1S/C15H22N2O3S/c1-12(13-6-4-3-5-7-13)16-15(18)10-17(2)14-8-9-21(19,20)11-14/h3-7,12,14H,8-11H2,1-2H3,(H,16,18)/p+1/t12-,14+/m0/s1. The molecule has 21 heavy (non-hydrogen) atoms. The third-order valence-electron chi connectivity index (χ3n) is 4.05. The van der Waals surface area contributed by atoms with Crippen LogP contribution in [0.2, 0.25) is 0 Å². The number of amides is 1. The molecule has 0 saturated carbocycles. The molecule has 0 aliphatic carbocycles. The lowest BCUT2D eigenvalue weighted by Crippen LogP contribution is -3.14. The summed E-state index contributed by atoms with van der Waals surface area (Å²) in [6.07, 6.45) is 0.648. The van der Waals surface area contributed by atoms with E-state index in [1.54, 1.807) is 0 Å². The van der Waals surface area contributed by atoms with Gasteiger partial charge in [-0.3, -0.25) is 4.79 Å². The van der Waals surface area contributed by atoms with Crippen molar-refractivity contribution in [1.82, 2.24) is 5.32 Å². The van der Waals surface area contributed by atoms with Crippen LogP contribution in [0.5, 0.6) is 0 Å². The minimum atomic E-state index is -2.89. The summed E-state index contributed by atoms with van der Waals surface area (Å²) >= 11 is 0. The maximum Gasteiger partial charge on any atom is 0.275 e. The van der Waals surface area contributed by atoms with Crippen molar-refractivity contribution in [2.75, 3.05) is 25.1 Å². The zero-order valence-electron chi connectivity index (χ0n) is 12.5. The van der Waals surface area contributed by atoms with Gasteiger partial charge < -0.3 is 10.2 Å². The molecule has 1 unspecified atom stereocenters. The number of hydrogen-bond acceptors (Lipinski definition) is 3. The van der Waals surface area contributed by atoms with Crippen LogP contribution in [0.1, 0.15) is 24.9 Å². The summed E-state index contributed by atoms with van der Waals surface area (Å²) in [5.41, 5.74) is 1.06. The normalized spacial score (nSPS) is 23.4. The zero-order valence-corrected chi connectivity index (χ0v) is 13.3. The lowest BCUT2D eigenvalue weighted by Gasteiger charge is -2.21. The predicted molar refractivity (Wildman–Crippen MR) is 81.8 cm³/mol. The van der Waals surface area contributed by atoms with Crippen molar-refractivity contribution < 1.29 is 18.1 Å². The van der Waals surface area contributed by atoms with Gasteiger partial charge in [-0.25, -0.2) is 8.42 Å². The number of likely N-dealkylation sites (N-methyl/N-ethyl adjacent to an activating group) is 1. The van der Waals surface area contributed by atoms with Gasteiger partial charge in [-0.15, -0.1) is 0 Å². The highest BCUT2D eigenvalue weighted by Gasteiger charge is 2.34. The Bertz CT molecular complexity index is 586. The Balaban J connectivity index is 1.84. The summed E-state index contributed by atoms with van der Waals surface area (Å²) in [6, 6.07) is 9.77. The Morgan fingerprint density at radius 2 is 2.05 bits per heavy atom. The average molecular weight is 311 g/mol. The van der Waals surface area contributed by atoms with Crippen LogP contribution in [-0.4, -0.2) is 45.5 Å². The van der Waals surface area contributed by atoms with E-state index in [1.807, 2.05) is 44.3 Å². The number of sulfone groups is 1. The fraction of sp³-hybridized carbons (Fsp3) is 0.533. The quantitative estimate of drug-likeness (QED) is 0.775. The molecule has 1 aliphatic heterocycles. The molecule has 2 N–H and O–H groups in total. The van der Waals surface area contributed by atoms with Gasteiger partial charge in [-0.1, -0.05) is 30.3 Å². The molecule has 116 valence electrons. The first-order valence-corrected chi connectivity index (χ1v) is 9.06. The number of carbonyl (C=O) groups excluding carboxylic acids is 1. The van der Waals surface area contributed by atoms with Crippen LogP contribution in [0, 0.1) is 0 Å². The highest BCUT2D eigenvalue weighted by Crippen LogP contribution is 2.11. The number of carbonyl (C=O) groups is 1. The van der Waals surface area contributed by atoms with Crippen molar-refractivity contribution >= 4 is 15.7 Å². The van der Waals surface area contributed by atoms with Crippen LogP contribution < -0.4 is 10.2 Å². The topological polar surface area (TPSA) is 67.7 Å². The molecule has 0 aromatic heterocycles. The largest absolute Gasteiger partial charge is 0.345 e. The lowest BCUT2D eigenvalue weighted by molar-refractivity contribution is -0.894. The number of hydrogen-bond donors (Lipinski definition) is 2. The maximum absolute atomic E-state index is 12.1. The summed E-state index contributed by atoms with van der Waals surface area (Å²) in [4.78, 5) is 13.0. The van der Waals surface area contributed by atoms with Gasteiger partial charge in [0.25, 0.3) is 5.91 Å². The predicted octanol–water partition coefficient (Wildman–Crippen LogP) is -0.434. The molecule has 0 spiro atoms. The van der Waals surface area contributed by atoms with Crippen molar-refractivity contribution in [1.29, 1.82) is 0 Å². The third-order valence-corrected chi connectivity index (χ3v) is 5.81. The van der Waals surface area contributed by atoms with Gasteiger partial charge in [0, 0.05) is 6.42 Å². The summed E-state index contributed by atoms with van der Waals surface area (Å²) in [6.45, 7) is 2.25. The molecule has 1 amide bonds. The molecule has 1 aromatic rings. The van der Waals surface area contributed by atoms with Gasteiger partial charge in [0.05, 0.1) is 18.8 Å². The fourth-order valence-corrected chi connectivity index (χ4v) is 4.57. The molecule has 3 atom stereocenters. The summed E-state index contributed by atoms with van der Waals surface area (Å²) < 4.78 is 23.0. The van der Waals surface area contributed by atoms with E-state index >= 15 is 0 Å². The molecule has 1 aromatic carbocycles. The van der Waals surface area contributed by atoms with Crippen molar-refractivity contribution in [3.63, 3.8) is 0 Å². The Labute approximate surface area is 126 Å². The lowest BCUT2D eigenvalue weighted by atomic mass is 10.1. The van der Waals surface area contributed by atoms with Crippen LogP contribution >= 0.6 is 0 Å². The molecule has 6 heteroatoms. The molecule has 0 bridgehead atoms. The second-order valence-corrected chi connectivity index (χ2v) is 8.05. The van der Waals surface area contributed by atoms with Crippen LogP contribution in [0.3, 0.4) is 0 Å². The van der Waals surface area contributed by atoms with E-state index < -0.39 is 9.84 Å². The first-order valence-electron chi connectivity index (χ1n) is 7.24. The van der Waals surface area contributed by atoms with Gasteiger partial charge in [0.1, 0.15) is 11.8 Å². The van der Waals surface area contributed by atoms with E-state index in [9.17, 15) is 13.2 Å². The van der Waals surface area contributed by atoms with Crippen LogP contribution in [0.4, 0.5) is 0 Å². The van der Waals surface area contributed by atoms with Crippen molar-refractivity contribution in [3.05, 3.63) is 35.9 Å². The van der Waals surface area contributed by atoms with E-state index in [1.165, 1.54) is 0 Å². The third kappa shape index (κ3) is 4.54. The SMILES string of the molecule is C[C@H](NC(=O)C[NH+](C)[C@@H]1CCS(=O)(=O)C1)c1ccccc1. The van der Waals surface area contributed by atoms with Crippen LogP contribution in [0.25, 0.3) is 0 Å². The molecule has 1 saturated heterocycles. The zero-order chi connectivity index (χ0) is 15.5. The number of rotatable bonds is 5. The Morgan fingerprint density at radius 1 is 1.38 bits per heavy atom. The minimum absolute atomic E-state index is 0.0350. The van der Waals surface area contributed by atoms with Gasteiger partial charge in [0.15, 0.2) is 16.4 Å². The van der Waals surface area contributed by atoms with E-state index in [2.05, 4.69) is 5.32 Å². The monoisotopic (exact) mass is 311 g/mol. The van der Waals surface area contributed by atoms with Crippen LogP contribution in [0.15, 0.2) is 30.3 Å². The Hall–Kier alpha value is -1.40. The summed E-state index contributed by atoms with van der Waals surface area (Å²) in [7, 11) is -1.01. The van der Waals surface area contributed by atoms with Crippen molar-refractivity contribution in [3.8, 4) is 0 Å². The first-order chi connectivity index (χ1) is 9.87. The van der Waals surface area contributed by atoms with Gasteiger partial charge in [0.2, 0.25) is 0 Å². The molecule has 0 radical (unpaired) electrons. The fourth-order valence-electron chi connectivity index (χ4n) is 2.70. The Morgan fingerprint density at radius 3 is 2.62 bits per heavy atom. The van der Waals surface area contributed by atoms with E-state index in [0.29, 0.717) is 13.0 Å². The van der Waals surface area contributed by atoms with Crippen molar-refractivity contribution in [2.24, 2.45) is 0 Å². The first kappa shape index (κ1) is 16.0. The minimum Gasteiger partial charge on any atom is -0.345 e. The summed E-state index contributed by atoms with van der Waals surface area (Å²) in [5, 5.41) is 2.96. The van der Waals surface area contributed by atoms with Gasteiger partial charge in [-0.05, 0) is 12.5 Å². The molecular formula is C15H23N2O3S+. The average Bonchev–Trinajstić information content (AvgIpc) is 2.80. The van der Waals surface area contributed by atoms with Crippen molar-refractivity contribution in [2.45, 2.75) is 25.4 Å². The maximum atomic E-state index is 12.1. The van der Waals surface area contributed by atoms with Crippen LogP contribution in [-0.2, 0) is 14.6 Å². The number of nitrogens with one attached hydrogen (secondary N) is 2. The van der Waals surface area contributed by atoms with E-state index in [-0.39, 0.29) is 29.5 Å². The second-order valence-electron chi connectivity index (χ2n) is 5.82. The number of quaternary nitrogens is 1. The molecule has 1 aliphatic rings. The molecular weight excluding hydrogens is 288 g/mol. The summed E-state index contributed by atoms with van der Waals surface area (Å²) in [5.74, 6) is 0.394. The molecule has 1 heterocycles. The highest BCUT2D eigenvalue weighted by molar-refractivity contribution is 7.91. The highest BCUT2D eigenvalue weighted by atomic mass is 32.2. The Kier molecular flexibility index (Phi) is 5.00. The van der Waals surface area contributed by atoms with E-state index in [0.717, 1.165) is 10.5 Å². The number of benzene rings is 1. The molecule has 1 fully saturated rings. The van der Waals surface area contributed by atoms with E-state index in [4.69, 9.17) is 0 Å². The van der Waals surface area contributed by atoms with Gasteiger partial charge in [-0.2, -0.15) is 0 Å². The second kappa shape index (κ2) is 6.58. The van der Waals surface area contributed by atoms with Gasteiger partial charge >= 0.3 is 0 Å². The molecule has 2 rings (SSSR count). The molecule has 5 nitrogen and oxygen atoms in total.